The minimum Gasteiger partial charge on any atom is -0.0622 e. The van der Waals surface area contributed by atoms with Crippen molar-refractivity contribution in [2.45, 2.75) is 0 Å². The molecule has 0 amide bonds. The molecule has 0 spiro atoms. The zero-order valence-corrected chi connectivity index (χ0v) is 21.0. The fraction of sp³-hybridized carbons (Fsp3) is 0. The second kappa shape index (κ2) is 9.50. The molecule has 0 aromatic heterocycles. The van der Waals surface area contributed by atoms with Gasteiger partial charge >= 0.3 is 0 Å². The number of hydrogen-bond acceptors (Lipinski definition) is 0. The molecule has 0 N–H and O–H groups in total. The molecule has 7 rings (SSSR count). The second-order valence-corrected chi connectivity index (χ2v) is 9.70. The Hall–Kier alpha value is -4.94. The molecule has 0 radical (unpaired) electrons. The van der Waals surface area contributed by atoms with E-state index in [4.69, 9.17) is 0 Å². The molecule has 0 bridgehead atoms. The standard InChI is InChI=1S/C38H26/c1-3-13-27(14-4-1)28-23-25-30(26-24-28)37-33-19-9-11-21-35(33)38(36-22-12-10-20-34(36)37)32-18-8-7-17-31(32)29-15-5-2-6-16-29/h1-26H. The maximum atomic E-state index is 2.28. The normalized spacial score (nSPS) is 11.2. The van der Waals surface area contributed by atoms with E-state index in [1.807, 2.05) is 0 Å². The zero-order valence-electron chi connectivity index (χ0n) is 21.0. The summed E-state index contributed by atoms with van der Waals surface area (Å²) in [6.07, 6.45) is 0. The van der Waals surface area contributed by atoms with Crippen LogP contribution in [-0.2, 0) is 0 Å². The summed E-state index contributed by atoms with van der Waals surface area (Å²) in [5.41, 5.74) is 10.0. The predicted octanol–water partition coefficient (Wildman–Crippen LogP) is 10.7. The first kappa shape index (κ1) is 22.3. The topological polar surface area (TPSA) is 0 Å². The van der Waals surface area contributed by atoms with Crippen molar-refractivity contribution in [1.29, 1.82) is 0 Å². The van der Waals surface area contributed by atoms with Gasteiger partial charge in [-0.15, -0.1) is 0 Å². The Balaban J connectivity index is 1.51. The largest absolute Gasteiger partial charge is 0.0622 e. The van der Waals surface area contributed by atoms with Gasteiger partial charge in [0.15, 0.2) is 0 Å². The molecule has 178 valence electrons. The average Bonchev–Trinajstić information content (AvgIpc) is 3.01. The highest BCUT2D eigenvalue weighted by Gasteiger charge is 2.18. The summed E-state index contributed by atoms with van der Waals surface area (Å²) >= 11 is 0. The molecule has 38 heavy (non-hydrogen) atoms. The first-order valence-electron chi connectivity index (χ1n) is 13.1. The summed E-state index contributed by atoms with van der Waals surface area (Å²) in [6.45, 7) is 0. The van der Waals surface area contributed by atoms with E-state index >= 15 is 0 Å². The number of rotatable bonds is 4. The molecule has 0 nitrogen and oxygen atoms in total. The lowest BCUT2D eigenvalue weighted by Gasteiger charge is -2.19. The van der Waals surface area contributed by atoms with Gasteiger partial charge in [-0.2, -0.15) is 0 Å². The lowest BCUT2D eigenvalue weighted by molar-refractivity contribution is 1.60. The third kappa shape index (κ3) is 3.79. The molecule has 0 saturated carbocycles. The highest BCUT2D eigenvalue weighted by molar-refractivity contribution is 6.22. The van der Waals surface area contributed by atoms with E-state index in [1.54, 1.807) is 0 Å². The van der Waals surface area contributed by atoms with Gasteiger partial charge in [-0.3, -0.25) is 0 Å². The SMILES string of the molecule is c1ccc(-c2ccc(-c3c4ccccc4c(-c4ccccc4-c4ccccc4)c4ccccc34)cc2)cc1. The highest BCUT2D eigenvalue weighted by atomic mass is 14.2. The minimum absolute atomic E-state index is 1.23. The molecule has 0 saturated heterocycles. The van der Waals surface area contributed by atoms with Crippen molar-refractivity contribution in [1.82, 2.24) is 0 Å². The highest BCUT2D eigenvalue weighted by Crippen LogP contribution is 2.46. The summed E-state index contributed by atoms with van der Waals surface area (Å²) in [5.74, 6) is 0. The molecule has 0 heteroatoms. The smallest absolute Gasteiger partial charge is 0.00201 e. The van der Waals surface area contributed by atoms with E-state index in [0.717, 1.165) is 0 Å². The van der Waals surface area contributed by atoms with E-state index in [9.17, 15) is 0 Å². The maximum Gasteiger partial charge on any atom is -0.00201 e. The Bertz CT molecular complexity index is 1820. The number of hydrogen-bond donors (Lipinski definition) is 0. The molecule has 0 aliphatic heterocycles. The monoisotopic (exact) mass is 482 g/mol. The summed E-state index contributed by atoms with van der Waals surface area (Å²) < 4.78 is 0. The Morgan fingerprint density at radius 2 is 0.579 bits per heavy atom. The van der Waals surface area contributed by atoms with Gasteiger partial charge in [-0.1, -0.05) is 158 Å². The average molecular weight is 483 g/mol. The van der Waals surface area contributed by atoms with Crippen LogP contribution in [0.1, 0.15) is 0 Å². The van der Waals surface area contributed by atoms with Gasteiger partial charge < -0.3 is 0 Å². The summed E-state index contributed by atoms with van der Waals surface area (Å²) in [4.78, 5) is 0. The van der Waals surface area contributed by atoms with Crippen LogP contribution in [0.3, 0.4) is 0 Å². The van der Waals surface area contributed by atoms with E-state index in [2.05, 4.69) is 158 Å². The van der Waals surface area contributed by atoms with E-state index in [-0.39, 0.29) is 0 Å². The molecule has 0 fully saturated rings. The van der Waals surface area contributed by atoms with E-state index in [1.165, 1.54) is 66.1 Å². The Labute approximate surface area is 223 Å². The molecule has 0 aliphatic rings. The second-order valence-electron chi connectivity index (χ2n) is 9.70. The molecule has 0 unspecified atom stereocenters. The van der Waals surface area contributed by atoms with Crippen LogP contribution in [0.25, 0.3) is 66.1 Å². The molecule has 0 heterocycles. The lowest BCUT2D eigenvalue weighted by atomic mass is 9.83. The van der Waals surface area contributed by atoms with Crippen LogP contribution in [0.5, 0.6) is 0 Å². The van der Waals surface area contributed by atoms with Crippen LogP contribution in [0.15, 0.2) is 158 Å². The first-order valence-corrected chi connectivity index (χ1v) is 13.1. The van der Waals surface area contributed by atoms with Crippen molar-refractivity contribution < 1.29 is 0 Å². The van der Waals surface area contributed by atoms with Gasteiger partial charge in [0.1, 0.15) is 0 Å². The number of benzene rings is 7. The fourth-order valence-electron chi connectivity index (χ4n) is 5.76. The zero-order chi connectivity index (χ0) is 25.3. The van der Waals surface area contributed by atoms with Crippen LogP contribution < -0.4 is 0 Å². The Morgan fingerprint density at radius 1 is 0.211 bits per heavy atom. The summed E-state index contributed by atoms with van der Waals surface area (Å²) in [6, 6.07) is 56.9. The lowest BCUT2D eigenvalue weighted by Crippen LogP contribution is -1.92. The third-order valence-corrected chi connectivity index (χ3v) is 7.49. The van der Waals surface area contributed by atoms with Crippen LogP contribution in [0.4, 0.5) is 0 Å². The van der Waals surface area contributed by atoms with Gasteiger partial charge in [-0.25, -0.2) is 0 Å². The minimum atomic E-state index is 1.23. The van der Waals surface area contributed by atoms with Crippen molar-refractivity contribution in [3.8, 4) is 44.5 Å². The van der Waals surface area contributed by atoms with Crippen molar-refractivity contribution in [2.24, 2.45) is 0 Å². The van der Waals surface area contributed by atoms with E-state index in [0.29, 0.717) is 0 Å². The first-order chi connectivity index (χ1) is 18.9. The Morgan fingerprint density at radius 3 is 1.13 bits per heavy atom. The van der Waals surface area contributed by atoms with Crippen molar-refractivity contribution in [2.75, 3.05) is 0 Å². The predicted molar refractivity (Wildman–Crippen MR) is 163 cm³/mol. The third-order valence-electron chi connectivity index (χ3n) is 7.49. The number of fused-ring (bicyclic) bond motifs is 2. The molecule has 7 aromatic carbocycles. The summed E-state index contributed by atoms with van der Waals surface area (Å²) in [7, 11) is 0. The van der Waals surface area contributed by atoms with Crippen molar-refractivity contribution in [3.05, 3.63) is 158 Å². The van der Waals surface area contributed by atoms with Gasteiger partial charge in [0, 0.05) is 0 Å². The van der Waals surface area contributed by atoms with Crippen LogP contribution in [-0.4, -0.2) is 0 Å². The molecule has 7 aromatic rings. The van der Waals surface area contributed by atoms with Crippen molar-refractivity contribution in [3.63, 3.8) is 0 Å². The van der Waals surface area contributed by atoms with Gasteiger partial charge in [0.25, 0.3) is 0 Å². The molecule has 0 atom stereocenters. The van der Waals surface area contributed by atoms with Gasteiger partial charge in [0.05, 0.1) is 0 Å². The van der Waals surface area contributed by atoms with E-state index < -0.39 is 0 Å². The van der Waals surface area contributed by atoms with Crippen LogP contribution in [0, 0.1) is 0 Å². The van der Waals surface area contributed by atoms with Crippen molar-refractivity contribution >= 4 is 21.5 Å². The summed E-state index contributed by atoms with van der Waals surface area (Å²) in [5, 5.41) is 5.10. The van der Waals surface area contributed by atoms with Crippen LogP contribution in [0.2, 0.25) is 0 Å². The van der Waals surface area contributed by atoms with Gasteiger partial charge in [0.2, 0.25) is 0 Å². The maximum absolute atomic E-state index is 2.28. The Kier molecular flexibility index (Phi) is 5.57. The fourth-order valence-corrected chi connectivity index (χ4v) is 5.76. The van der Waals surface area contributed by atoms with Gasteiger partial charge in [-0.05, 0) is 66.1 Å². The quantitative estimate of drug-likeness (QED) is 0.219. The molecular weight excluding hydrogens is 456 g/mol. The molecule has 0 aliphatic carbocycles. The van der Waals surface area contributed by atoms with Crippen LogP contribution >= 0.6 is 0 Å². The molecular formula is C38H26.